The Labute approximate surface area is 368 Å². The van der Waals surface area contributed by atoms with Crippen molar-refractivity contribution in [2.24, 2.45) is 0 Å². The Hall–Kier alpha value is -3.67. The van der Waals surface area contributed by atoms with Crippen LogP contribution >= 0.6 is 0 Å². The maximum Gasteiger partial charge on any atom is 0.310 e. The maximum atomic E-state index is 12.7. The summed E-state index contributed by atoms with van der Waals surface area (Å²) in [6.07, 6.45) is 62.8. The van der Waals surface area contributed by atoms with Crippen molar-refractivity contribution in [1.82, 2.24) is 0 Å². The third-order valence-corrected chi connectivity index (χ3v) is 9.86. The summed E-state index contributed by atoms with van der Waals surface area (Å²) in [6, 6.07) is 0. The molecule has 6 nitrogen and oxygen atoms in total. The van der Waals surface area contributed by atoms with E-state index < -0.39 is 12.1 Å². The Bertz CT molecular complexity index is 1230. The lowest BCUT2D eigenvalue weighted by atomic mass is 10.1. The van der Waals surface area contributed by atoms with E-state index in [1.807, 2.05) is 6.08 Å². The fourth-order valence-corrected chi connectivity index (χ4v) is 6.23. The zero-order valence-corrected chi connectivity index (χ0v) is 38.7. The van der Waals surface area contributed by atoms with Crippen molar-refractivity contribution in [2.75, 3.05) is 13.2 Å². The Kier molecular flexibility index (Phi) is 45.1. The van der Waals surface area contributed by atoms with Gasteiger partial charge in [-0.3, -0.25) is 14.4 Å². The number of allylic oxidation sites excluding steroid dienone is 15. The van der Waals surface area contributed by atoms with E-state index in [1.165, 1.54) is 70.6 Å². The van der Waals surface area contributed by atoms with Crippen molar-refractivity contribution in [3.05, 3.63) is 97.2 Å². The molecule has 0 aromatic rings. The number of esters is 3. The van der Waals surface area contributed by atoms with Gasteiger partial charge in [0.1, 0.15) is 13.2 Å². The monoisotopic (exact) mass is 833 g/mol. The number of rotatable bonds is 42. The Morgan fingerprint density at radius 1 is 0.367 bits per heavy atom. The van der Waals surface area contributed by atoms with Crippen LogP contribution in [0.4, 0.5) is 0 Å². The summed E-state index contributed by atoms with van der Waals surface area (Å²) < 4.78 is 16.6. The molecule has 0 bridgehead atoms. The topological polar surface area (TPSA) is 78.9 Å². The molecule has 60 heavy (non-hydrogen) atoms. The first kappa shape index (κ1) is 56.3. The van der Waals surface area contributed by atoms with Crippen molar-refractivity contribution in [1.29, 1.82) is 0 Å². The molecule has 0 N–H and O–H groups in total. The highest BCUT2D eigenvalue weighted by molar-refractivity contribution is 5.72. The van der Waals surface area contributed by atoms with E-state index in [-0.39, 0.29) is 31.6 Å². The second-order valence-corrected chi connectivity index (χ2v) is 15.7. The molecule has 1 unspecified atom stereocenters. The van der Waals surface area contributed by atoms with Crippen LogP contribution in [0.2, 0.25) is 0 Å². The van der Waals surface area contributed by atoms with Crippen molar-refractivity contribution < 1.29 is 28.6 Å². The molecule has 0 radical (unpaired) electrons. The van der Waals surface area contributed by atoms with Gasteiger partial charge in [0.25, 0.3) is 0 Å². The molecule has 0 fully saturated rings. The Morgan fingerprint density at radius 3 is 1.13 bits per heavy atom. The third-order valence-electron chi connectivity index (χ3n) is 9.86. The lowest BCUT2D eigenvalue weighted by Gasteiger charge is -2.18. The van der Waals surface area contributed by atoms with Gasteiger partial charge >= 0.3 is 17.9 Å². The zero-order valence-electron chi connectivity index (χ0n) is 38.7. The fraction of sp³-hybridized carbons (Fsp3) is 0.648. The number of carbonyl (C=O) groups excluding carboxylic acids is 3. The molecule has 0 saturated heterocycles. The van der Waals surface area contributed by atoms with Crippen LogP contribution in [-0.4, -0.2) is 37.2 Å². The number of carbonyl (C=O) groups is 3. The number of hydrogen-bond acceptors (Lipinski definition) is 6. The Morgan fingerprint density at radius 2 is 0.700 bits per heavy atom. The second kappa shape index (κ2) is 48.0. The van der Waals surface area contributed by atoms with Crippen molar-refractivity contribution in [3.63, 3.8) is 0 Å². The van der Waals surface area contributed by atoms with Gasteiger partial charge in [0.05, 0.1) is 6.42 Å². The average molecular weight is 833 g/mol. The molecule has 0 aliphatic heterocycles. The summed E-state index contributed by atoms with van der Waals surface area (Å²) in [4.78, 5) is 37.7. The molecule has 0 aromatic heterocycles. The van der Waals surface area contributed by atoms with Gasteiger partial charge < -0.3 is 14.2 Å². The van der Waals surface area contributed by atoms with Crippen LogP contribution in [0.1, 0.15) is 207 Å². The molecule has 340 valence electrons. The quantitative estimate of drug-likeness (QED) is 0.0264. The van der Waals surface area contributed by atoms with Crippen LogP contribution in [0.15, 0.2) is 97.2 Å². The fourth-order valence-electron chi connectivity index (χ4n) is 6.23. The standard InChI is InChI=1S/C54H88O6/c1-4-7-10-13-16-19-21-23-25-26-27-28-30-31-33-35-38-41-44-47-53(56)59-50-51(49-58-52(55)46-43-40-37-18-15-12-9-6-3)60-54(57)48-45-42-39-36-34-32-29-24-22-20-17-14-11-8-5-2/h8,11,16-17,19-20,23-25,27-29,34,36,42,45,51H,4-7,9-10,12-15,18,21-22,26,30-33,35,37-41,43-44,46-50H2,1-3H3/b11-8-,19-16-,20-17-,25-23-,28-27-,29-24-,36-34-,45-42-. The van der Waals surface area contributed by atoms with Gasteiger partial charge in [-0.2, -0.15) is 0 Å². The summed E-state index contributed by atoms with van der Waals surface area (Å²) in [5.41, 5.74) is 0. The van der Waals surface area contributed by atoms with Crippen LogP contribution in [0, 0.1) is 0 Å². The van der Waals surface area contributed by atoms with Crippen molar-refractivity contribution >= 4 is 17.9 Å². The molecule has 0 spiro atoms. The minimum atomic E-state index is -0.834. The van der Waals surface area contributed by atoms with E-state index in [1.54, 1.807) is 6.08 Å². The largest absolute Gasteiger partial charge is 0.462 e. The molecule has 0 saturated carbocycles. The van der Waals surface area contributed by atoms with E-state index in [4.69, 9.17) is 14.2 Å². The minimum Gasteiger partial charge on any atom is -0.462 e. The lowest BCUT2D eigenvalue weighted by molar-refractivity contribution is -0.166. The van der Waals surface area contributed by atoms with E-state index in [0.29, 0.717) is 12.8 Å². The third kappa shape index (κ3) is 45.4. The molecule has 0 aliphatic rings. The Balaban J connectivity index is 4.46. The van der Waals surface area contributed by atoms with Gasteiger partial charge in [-0.15, -0.1) is 0 Å². The van der Waals surface area contributed by atoms with Gasteiger partial charge in [-0.25, -0.2) is 0 Å². The predicted molar refractivity (Wildman–Crippen MR) is 256 cm³/mol. The smallest absolute Gasteiger partial charge is 0.310 e. The normalized spacial score (nSPS) is 12.9. The van der Waals surface area contributed by atoms with E-state index in [0.717, 1.165) is 96.3 Å². The van der Waals surface area contributed by atoms with Gasteiger partial charge in [0, 0.05) is 12.8 Å². The second-order valence-electron chi connectivity index (χ2n) is 15.7. The molecular formula is C54H88O6. The van der Waals surface area contributed by atoms with E-state index in [2.05, 4.69) is 106 Å². The van der Waals surface area contributed by atoms with Gasteiger partial charge in [0.2, 0.25) is 0 Å². The first-order valence-corrected chi connectivity index (χ1v) is 24.2. The minimum absolute atomic E-state index is 0.0924. The molecule has 1 atom stereocenters. The van der Waals surface area contributed by atoms with E-state index in [9.17, 15) is 14.4 Å². The summed E-state index contributed by atoms with van der Waals surface area (Å²) in [6.45, 7) is 6.35. The zero-order chi connectivity index (χ0) is 43.7. The van der Waals surface area contributed by atoms with Crippen molar-refractivity contribution in [2.45, 2.75) is 213 Å². The molecule has 0 aromatic carbocycles. The average Bonchev–Trinajstić information content (AvgIpc) is 3.24. The number of ether oxygens (including phenoxy) is 3. The molecular weight excluding hydrogens is 745 g/mol. The molecule has 6 heteroatoms. The molecule has 0 heterocycles. The SMILES string of the molecule is CC/C=C\C/C=C\C/C=C\C/C=C\C/C=C\CC(=O)OC(COC(=O)CCCCCCCC/C=C\C/C=C\C/C=C\CCCCC)COC(=O)CCCCCCCCCC. The van der Waals surface area contributed by atoms with Gasteiger partial charge in [-0.1, -0.05) is 201 Å². The first-order chi connectivity index (χ1) is 29.5. The highest BCUT2D eigenvalue weighted by Crippen LogP contribution is 2.12. The lowest BCUT2D eigenvalue weighted by Crippen LogP contribution is -2.30. The summed E-state index contributed by atoms with van der Waals surface area (Å²) in [5, 5.41) is 0. The maximum absolute atomic E-state index is 12.7. The predicted octanol–water partition coefficient (Wildman–Crippen LogP) is 15.8. The summed E-state index contributed by atoms with van der Waals surface area (Å²) in [5.74, 6) is -1.08. The summed E-state index contributed by atoms with van der Waals surface area (Å²) in [7, 11) is 0. The van der Waals surface area contributed by atoms with Crippen LogP contribution in [0.3, 0.4) is 0 Å². The number of hydrogen-bond donors (Lipinski definition) is 0. The summed E-state index contributed by atoms with van der Waals surface area (Å²) >= 11 is 0. The van der Waals surface area contributed by atoms with Gasteiger partial charge in [-0.05, 0) is 83.5 Å². The van der Waals surface area contributed by atoms with Crippen LogP contribution < -0.4 is 0 Å². The molecule has 0 rings (SSSR count). The highest BCUT2D eigenvalue weighted by Gasteiger charge is 2.19. The van der Waals surface area contributed by atoms with Gasteiger partial charge in [0.15, 0.2) is 6.10 Å². The van der Waals surface area contributed by atoms with E-state index >= 15 is 0 Å². The molecule has 0 aliphatic carbocycles. The number of unbranched alkanes of at least 4 members (excludes halogenated alkanes) is 16. The van der Waals surface area contributed by atoms with Crippen LogP contribution in [0.5, 0.6) is 0 Å². The van der Waals surface area contributed by atoms with Crippen LogP contribution in [-0.2, 0) is 28.6 Å². The van der Waals surface area contributed by atoms with Crippen molar-refractivity contribution in [3.8, 4) is 0 Å². The highest BCUT2D eigenvalue weighted by atomic mass is 16.6. The molecule has 0 amide bonds. The van der Waals surface area contributed by atoms with Crippen LogP contribution in [0.25, 0.3) is 0 Å². The first-order valence-electron chi connectivity index (χ1n) is 24.2.